The molecule has 158 valence electrons. The fourth-order valence-corrected chi connectivity index (χ4v) is 4.35. The minimum Gasteiger partial charge on any atom is -0.366 e. The molecule has 4 rings (SSSR count). The lowest BCUT2D eigenvalue weighted by Crippen LogP contribution is -2.13. The van der Waals surface area contributed by atoms with Gasteiger partial charge in [-0.3, -0.25) is 4.79 Å². The second-order valence-electron chi connectivity index (χ2n) is 7.45. The van der Waals surface area contributed by atoms with E-state index in [1.54, 1.807) is 0 Å². The smallest absolute Gasteiger partial charge is 0.250 e. The molecule has 3 N–H and O–H groups in total. The standard InChI is InChI=1S/C24H23ClN4OS/c1-15-3-5-17(6-4-15)11-12-29-16(2)20(23(26)30)13-22(29)21-14-31-24(28-21)27-19-9-7-18(25)8-10-19/h3-10,13-14H,11-12H2,1-2H3,(H2,26,30)(H,27,28). The van der Waals surface area contributed by atoms with Crippen molar-refractivity contribution >= 4 is 39.7 Å². The second kappa shape index (κ2) is 8.96. The molecule has 4 aromatic rings. The van der Waals surface area contributed by atoms with E-state index < -0.39 is 5.91 Å². The van der Waals surface area contributed by atoms with Gasteiger partial charge in [-0.25, -0.2) is 4.98 Å². The summed E-state index contributed by atoms with van der Waals surface area (Å²) in [4.78, 5) is 16.7. The van der Waals surface area contributed by atoms with Gasteiger partial charge >= 0.3 is 0 Å². The first kappa shape index (κ1) is 21.2. The summed E-state index contributed by atoms with van der Waals surface area (Å²) in [6.45, 7) is 4.74. The largest absolute Gasteiger partial charge is 0.366 e. The Balaban J connectivity index is 1.61. The van der Waals surface area contributed by atoms with Gasteiger partial charge in [-0.15, -0.1) is 11.3 Å². The fourth-order valence-electron chi connectivity index (χ4n) is 3.50. The molecule has 0 fully saturated rings. The van der Waals surface area contributed by atoms with Gasteiger partial charge in [0.05, 0.1) is 17.0 Å². The Bertz CT molecular complexity index is 1210. The predicted molar refractivity (Wildman–Crippen MR) is 128 cm³/mol. The van der Waals surface area contributed by atoms with Crippen LogP contribution in [0.2, 0.25) is 5.02 Å². The van der Waals surface area contributed by atoms with Crippen molar-refractivity contribution in [2.45, 2.75) is 26.8 Å². The van der Waals surface area contributed by atoms with E-state index >= 15 is 0 Å². The van der Waals surface area contributed by atoms with Crippen LogP contribution >= 0.6 is 22.9 Å². The molecule has 0 unspecified atom stereocenters. The second-order valence-corrected chi connectivity index (χ2v) is 8.74. The molecule has 0 aliphatic heterocycles. The maximum atomic E-state index is 12.0. The van der Waals surface area contributed by atoms with Crippen LogP contribution in [-0.4, -0.2) is 15.5 Å². The first-order valence-corrected chi connectivity index (χ1v) is 11.2. The van der Waals surface area contributed by atoms with Gasteiger partial charge in [0.15, 0.2) is 5.13 Å². The van der Waals surface area contributed by atoms with Crippen molar-refractivity contribution in [3.8, 4) is 11.4 Å². The third-order valence-electron chi connectivity index (χ3n) is 5.24. The Morgan fingerprint density at radius 3 is 2.52 bits per heavy atom. The van der Waals surface area contributed by atoms with E-state index in [9.17, 15) is 4.79 Å². The van der Waals surface area contributed by atoms with Crippen molar-refractivity contribution in [1.82, 2.24) is 9.55 Å². The van der Waals surface area contributed by atoms with E-state index in [1.807, 2.05) is 42.6 Å². The van der Waals surface area contributed by atoms with Gasteiger partial charge in [-0.2, -0.15) is 0 Å². The Hall–Kier alpha value is -3.09. The number of carbonyl (C=O) groups excluding carboxylic acids is 1. The van der Waals surface area contributed by atoms with Crippen LogP contribution in [0.1, 0.15) is 27.2 Å². The molecule has 1 amide bonds. The zero-order valence-corrected chi connectivity index (χ0v) is 18.9. The molecule has 2 heterocycles. The highest BCUT2D eigenvalue weighted by Crippen LogP contribution is 2.31. The number of hydrogen-bond donors (Lipinski definition) is 2. The molecule has 31 heavy (non-hydrogen) atoms. The number of thiazole rings is 1. The number of primary amides is 1. The summed E-state index contributed by atoms with van der Waals surface area (Å²) in [7, 11) is 0. The molecule has 0 spiro atoms. The molecule has 2 aromatic heterocycles. The molecule has 0 bridgehead atoms. The minimum absolute atomic E-state index is 0.428. The number of rotatable bonds is 7. The highest BCUT2D eigenvalue weighted by atomic mass is 35.5. The van der Waals surface area contributed by atoms with E-state index in [2.05, 4.69) is 41.1 Å². The summed E-state index contributed by atoms with van der Waals surface area (Å²) >= 11 is 7.47. The molecule has 7 heteroatoms. The summed E-state index contributed by atoms with van der Waals surface area (Å²) in [5, 5.41) is 6.73. The van der Waals surface area contributed by atoms with Crippen molar-refractivity contribution in [2.75, 3.05) is 5.32 Å². The van der Waals surface area contributed by atoms with Gasteiger partial charge in [-0.05, 0) is 56.2 Å². The number of amides is 1. The van der Waals surface area contributed by atoms with Gasteiger partial charge in [-0.1, -0.05) is 41.4 Å². The third-order valence-corrected chi connectivity index (χ3v) is 6.25. The van der Waals surface area contributed by atoms with Gasteiger partial charge in [0.25, 0.3) is 5.91 Å². The van der Waals surface area contributed by atoms with Crippen LogP contribution in [-0.2, 0) is 13.0 Å². The number of nitrogens with one attached hydrogen (secondary N) is 1. The van der Waals surface area contributed by atoms with Crippen molar-refractivity contribution in [2.24, 2.45) is 5.73 Å². The Kier molecular flexibility index (Phi) is 6.11. The Morgan fingerprint density at radius 1 is 1.13 bits per heavy atom. The van der Waals surface area contributed by atoms with Crippen LogP contribution in [0.25, 0.3) is 11.4 Å². The van der Waals surface area contributed by atoms with Crippen LogP contribution in [0.15, 0.2) is 60.0 Å². The van der Waals surface area contributed by atoms with Crippen LogP contribution in [0, 0.1) is 13.8 Å². The summed E-state index contributed by atoms with van der Waals surface area (Å²) in [6.07, 6.45) is 0.848. The maximum absolute atomic E-state index is 12.0. The quantitative estimate of drug-likeness (QED) is 0.364. The van der Waals surface area contributed by atoms with E-state index in [-0.39, 0.29) is 0 Å². The van der Waals surface area contributed by atoms with Crippen molar-refractivity contribution in [3.63, 3.8) is 0 Å². The number of nitrogens with zero attached hydrogens (tertiary/aromatic N) is 2. The average molecular weight is 451 g/mol. The van der Waals surface area contributed by atoms with Crippen LogP contribution in [0.4, 0.5) is 10.8 Å². The van der Waals surface area contributed by atoms with E-state index in [1.165, 1.54) is 22.5 Å². The van der Waals surface area contributed by atoms with Crippen molar-refractivity contribution in [1.29, 1.82) is 0 Å². The average Bonchev–Trinajstić information content (AvgIpc) is 3.33. The van der Waals surface area contributed by atoms with Crippen molar-refractivity contribution < 1.29 is 4.79 Å². The fraction of sp³-hybridized carbons (Fsp3) is 0.167. The molecular weight excluding hydrogens is 428 g/mol. The number of aromatic nitrogens is 2. The summed E-state index contributed by atoms with van der Waals surface area (Å²) < 4.78 is 2.13. The summed E-state index contributed by atoms with van der Waals surface area (Å²) in [6, 6.07) is 17.8. The highest BCUT2D eigenvalue weighted by molar-refractivity contribution is 7.14. The number of benzene rings is 2. The van der Waals surface area contributed by atoms with E-state index in [0.29, 0.717) is 10.6 Å². The number of aryl methyl sites for hydroxylation is 2. The van der Waals surface area contributed by atoms with Crippen LogP contribution in [0.3, 0.4) is 0 Å². The molecule has 0 aliphatic carbocycles. The lowest BCUT2D eigenvalue weighted by Gasteiger charge is -2.11. The Morgan fingerprint density at radius 2 is 1.84 bits per heavy atom. The molecular formula is C24H23ClN4OS. The van der Waals surface area contributed by atoms with Gasteiger partial charge in [0.2, 0.25) is 0 Å². The number of halogens is 1. The van der Waals surface area contributed by atoms with Gasteiger partial charge in [0.1, 0.15) is 0 Å². The number of nitrogens with two attached hydrogens (primary N) is 1. The molecule has 0 aliphatic rings. The van der Waals surface area contributed by atoms with Crippen LogP contribution in [0.5, 0.6) is 0 Å². The highest BCUT2D eigenvalue weighted by Gasteiger charge is 2.18. The monoisotopic (exact) mass is 450 g/mol. The van der Waals surface area contributed by atoms with E-state index in [4.69, 9.17) is 22.3 Å². The first-order chi connectivity index (χ1) is 14.9. The normalized spacial score (nSPS) is 10.9. The SMILES string of the molecule is Cc1ccc(CCn2c(-c3csc(Nc4ccc(Cl)cc4)n3)cc(C(N)=O)c2C)cc1. The topological polar surface area (TPSA) is 72.9 Å². The number of anilines is 2. The van der Waals surface area contributed by atoms with Crippen molar-refractivity contribution in [3.05, 3.63) is 87.4 Å². The summed E-state index contributed by atoms with van der Waals surface area (Å²) in [5.74, 6) is -0.428. The minimum atomic E-state index is -0.428. The molecule has 0 saturated carbocycles. The zero-order chi connectivity index (χ0) is 22.0. The maximum Gasteiger partial charge on any atom is 0.250 e. The van der Waals surface area contributed by atoms with Gasteiger partial charge < -0.3 is 15.6 Å². The molecule has 2 aromatic carbocycles. The molecule has 0 atom stereocenters. The lowest BCUT2D eigenvalue weighted by atomic mass is 10.1. The third kappa shape index (κ3) is 4.81. The lowest BCUT2D eigenvalue weighted by molar-refractivity contribution is 0.0999. The first-order valence-electron chi connectivity index (χ1n) is 9.94. The Labute approximate surface area is 190 Å². The number of carbonyl (C=O) groups is 1. The molecule has 5 nitrogen and oxygen atoms in total. The zero-order valence-electron chi connectivity index (χ0n) is 17.4. The molecule has 0 radical (unpaired) electrons. The molecule has 0 saturated heterocycles. The predicted octanol–water partition coefficient (Wildman–Crippen LogP) is 5.97. The van der Waals surface area contributed by atoms with Gasteiger partial charge in [0, 0.05) is 28.3 Å². The summed E-state index contributed by atoms with van der Waals surface area (Å²) in [5.41, 5.74) is 12.1. The number of hydrogen-bond acceptors (Lipinski definition) is 4. The van der Waals surface area contributed by atoms with Crippen LogP contribution < -0.4 is 11.1 Å². The van der Waals surface area contributed by atoms with E-state index in [0.717, 1.165) is 40.9 Å².